The van der Waals surface area contributed by atoms with Gasteiger partial charge >= 0.3 is 6.18 Å². The summed E-state index contributed by atoms with van der Waals surface area (Å²) in [4.78, 5) is 13.7. The number of benzene rings is 1. The number of hydrogen-bond donors (Lipinski definition) is 0. The van der Waals surface area contributed by atoms with E-state index >= 15 is 0 Å². The number of hydrogen-bond acceptors (Lipinski definition) is 4. The lowest BCUT2D eigenvalue weighted by Gasteiger charge is -2.10. The van der Waals surface area contributed by atoms with Crippen molar-refractivity contribution in [2.75, 3.05) is 5.75 Å². The van der Waals surface area contributed by atoms with Gasteiger partial charge in [0.05, 0.1) is 22.7 Å². The summed E-state index contributed by atoms with van der Waals surface area (Å²) in [6.45, 7) is 2.04. The summed E-state index contributed by atoms with van der Waals surface area (Å²) in [5.41, 5.74) is 1.30. The van der Waals surface area contributed by atoms with E-state index in [9.17, 15) is 13.2 Å². The van der Waals surface area contributed by atoms with Crippen molar-refractivity contribution in [2.24, 2.45) is 7.05 Å². The van der Waals surface area contributed by atoms with Crippen molar-refractivity contribution in [3.63, 3.8) is 0 Å². The highest BCUT2D eigenvalue weighted by molar-refractivity contribution is 7.99. The van der Waals surface area contributed by atoms with Crippen LogP contribution in [0, 0.1) is 0 Å². The topological polar surface area (TPSA) is 43.6 Å². The van der Waals surface area contributed by atoms with Gasteiger partial charge < -0.3 is 4.57 Å². The van der Waals surface area contributed by atoms with Gasteiger partial charge in [0, 0.05) is 17.3 Å². The van der Waals surface area contributed by atoms with Crippen LogP contribution >= 0.6 is 11.8 Å². The minimum absolute atomic E-state index is 0.247. The van der Waals surface area contributed by atoms with Crippen LogP contribution in [-0.4, -0.2) is 25.3 Å². The van der Waals surface area contributed by atoms with E-state index in [4.69, 9.17) is 4.98 Å². The van der Waals surface area contributed by atoms with Crippen LogP contribution in [0.4, 0.5) is 13.2 Å². The minimum atomic E-state index is -4.50. The third-order valence-corrected chi connectivity index (χ3v) is 5.17. The van der Waals surface area contributed by atoms with Gasteiger partial charge in [0.25, 0.3) is 0 Å². The van der Waals surface area contributed by atoms with Gasteiger partial charge in [-0.25, -0.2) is 15.0 Å². The summed E-state index contributed by atoms with van der Waals surface area (Å²) in [6.07, 6.45) is -3.29. The quantitative estimate of drug-likeness (QED) is 0.446. The molecule has 3 heterocycles. The maximum atomic E-state index is 13.0. The molecule has 0 saturated heterocycles. The van der Waals surface area contributed by atoms with Gasteiger partial charge in [-0.1, -0.05) is 25.1 Å². The molecule has 0 N–H and O–H groups in total. The fourth-order valence-corrected chi connectivity index (χ4v) is 3.77. The fraction of sp³-hybridized carbons (Fsp3) is 0.211. The highest BCUT2D eigenvalue weighted by Crippen LogP contribution is 2.35. The van der Waals surface area contributed by atoms with Crippen molar-refractivity contribution < 1.29 is 13.2 Å². The van der Waals surface area contributed by atoms with Gasteiger partial charge in [0.1, 0.15) is 11.4 Å². The number of aryl methyl sites for hydroxylation is 1. The zero-order valence-corrected chi connectivity index (χ0v) is 15.4. The molecule has 0 atom stereocenters. The molecule has 0 amide bonds. The molecule has 0 fully saturated rings. The number of rotatable bonds is 3. The highest BCUT2D eigenvalue weighted by Gasteiger charge is 2.33. The lowest BCUT2D eigenvalue weighted by molar-refractivity contribution is -0.141. The van der Waals surface area contributed by atoms with Crippen molar-refractivity contribution in [1.82, 2.24) is 19.5 Å². The average Bonchev–Trinajstić information content (AvgIpc) is 2.97. The average molecular weight is 388 g/mol. The summed E-state index contributed by atoms with van der Waals surface area (Å²) in [6, 6.07) is 10.8. The third-order valence-electron chi connectivity index (χ3n) is 4.26. The number of imidazole rings is 1. The Kier molecular flexibility index (Phi) is 4.30. The van der Waals surface area contributed by atoms with Crippen LogP contribution in [0.2, 0.25) is 0 Å². The Bertz CT molecular complexity index is 1150. The zero-order chi connectivity index (χ0) is 19.2. The van der Waals surface area contributed by atoms with Gasteiger partial charge in [-0.15, -0.1) is 11.8 Å². The first-order valence-electron chi connectivity index (χ1n) is 8.31. The summed E-state index contributed by atoms with van der Waals surface area (Å²) in [5, 5.41) is 1.01. The first-order valence-corrected chi connectivity index (χ1v) is 9.29. The van der Waals surface area contributed by atoms with Crippen LogP contribution in [0.3, 0.4) is 0 Å². The molecular formula is C19H15F3N4S. The maximum absolute atomic E-state index is 13.0. The first kappa shape index (κ1) is 17.8. The van der Waals surface area contributed by atoms with Crippen LogP contribution in [0.15, 0.2) is 47.5 Å². The summed E-state index contributed by atoms with van der Waals surface area (Å²) < 4.78 is 40.7. The Labute approximate surface area is 157 Å². The largest absolute Gasteiger partial charge is 0.433 e. The molecule has 0 saturated carbocycles. The monoisotopic (exact) mass is 388 g/mol. The molecule has 8 heteroatoms. The molecule has 0 aliphatic rings. The van der Waals surface area contributed by atoms with Crippen molar-refractivity contribution in [3.8, 4) is 11.5 Å². The molecular weight excluding hydrogens is 373 g/mol. The number of nitrogens with zero attached hydrogens (tertiary/aromatic N) is 4. The SMILES string of the molecule is CCSc1cc2ccccc2nc1-c1nc2cc(C(F)(F)F)ncc2n1C. The molecule has 4 rings (SSSR count). The van der Waals surface area contributed by atoms with Crippen molar-refractivity contribution in [2.45, 2.75) is 18.0 Å². The second kappa shape index (κ2) is 6.53. The Balaban J connectivity index is 1.95. The molecule has 0 bridgehead atoms. The molecule has 0 aliphatic heterocycles. The third kappa shape index (κ3) is 3.14. The highest BCUT2D eigenvalue weighted by atomic mass is 32.2. The van der Waals surface area contributed by atoms with E-state index in [1.165, 1.54) is 6.20 Å². The number of alkyl halides is 3. The van der Waals surface area contributed by atoms with E-state index in [0.29, 0.717) is 17.0 Å². The van der Waals surface area contributed by atoms with Gasteiger partial charge in [-0.3, -0.25) is 0 Å². The lowest BCUT2D eigenvalue weighted by atomic mass is 10.2. The molecule has 4 nitrogen and oxygen atoms in total. The van der Waals surface area contributed by atoms with Gasteiger partial charge in [0.15, 0.2) is 5.82 Å². The molecule has 27 heavy (non-hydrogen) atoms. The predicted octanol–water partition coefficient (Wildman–Crippen LogP) is 5.31. The number of pyridine rings is 2. The van der Waals surface area contributed by atoms with Gasteiger partial charge in [-0.2, -0.15) is 13.2 Å². The zero-order valence-electron chi connectivity index (χ0n) is 14.6. The molecule has 3 aromatic heterocycles. The maximum Gasteiger partial charge on any atom is 0.433 e. The predicted molar refractivity (Wildman–Crippen MR) is 101 cm³/mol. The fourth-order valence-electron chi connectivity index (χ4n) is 2.98. The van der Waals surface area contributed by atoms with E-state index in [1.54, 1.807) is 23.4 Å². The van der Waals surface area contributed by atoms with Crippen LogP contribution in [0.25, 0.3) is 33.5 Å². The molecule has 138 valence electrons. The molecule has 0 radical (unpaired) electrons. The number of thioether (sulfide) groups is 1. The Morgan fingerprint density at radius 1 is 1.07 bits per heavy atom. The Hall–Kier alpha value is -2.61. The Morgan fingerprint density at radius 2 is 1.85 bits per heavy atom. The second-order valence-electron chi connectivity index (χ2n) is 6.01. The normalized spacial score (nSPS) is 12.2. The summed E-state index contributed by atoms with van der Waals surface area (Å²) in [7, 11) is 1.76. The number of aromatic nitrogens is 4. The minimum Gasteiger partial charge on any atom is -0.325 e. The van der Waals surface area contributed by atoms with Crippen molar-refractivity contribution in [1.29, 1.82) is 0 Å². The molecule has 0 unspecified atom stereocenters. The number of halogens is 3. The summed E-state index contributed by atoms with van der Waals surface area (Å²) in [5.74, 6) is 1.37. The van der Waals surface area contributed by atoms with Crippen LogP contribution in [0.1, 0.15) is 12.6 Å². The molecule has 4 aromatic rings. The molecule has 0 aliphatic carbocycles. The molecule has 0 spiro atoms. The second-order valence-corrected chi connectivity index (χ2v) is 7.32. The standard InChI is InChI=1S/C19H15F3N4S/c1-3-27-15-8-11-6-4-5-7-12(11)24-17(15)18-25-13-9-16(19(20,21)22)23-10-14(13)26(18)2/h4-10H,3H2,1-2H3. The van der Waals surface area contributed by atoms with Crippen LogP contribution in [-0.2, 0) is 13.2 Å². The molecule has 1 aromatic carbocycles. The van der Waals surface area contributed by atoms with E-state index in [1.807, 2.05) is 37.3 Å². The van der Waals surface area contributed by atoms with E-state index in [-0.39, 0.29) is 5.52 Å². The Morgan fingerprint density at radius 3 is 2.59 bits per heavy atom. The summed E-state index contributed by atoms with van der Waals surface area (Å²) >= 11 is 1.63. The number of para-hydroxylation sites is 1. The van der Waals surface area contributed by atoms with E-state index in [2.05, 4.69) is 9.97 Å². The smallest absolute Gasteiger partial charge is 0.325 e. The lowest BCUT2D eigenvalue weighted by Crippen LogP contribution is -2.07. The number of fused-ring (bicyclic) bond motifs is 2. The van der Waals surface area contributed by atoms with Crippen LogP contribution < -0.4 is 0 Å². The van der Waals surface area contributed by atoms with E-state index < -0.39 is 11.9 Å². The first-order chi connectivity index (χ1) is 12.9. The van der Waals surface area contributed by atoms with Gasteiger partial charge in [-0.05, 0) is 24.0 Å². The van der Waals surface area contributed by atoms with Crippen molar-refractivity contribution in [3.05, 3.63) is 48.3 Å². The van der Waals surface area contributed by atoms with Crippen molar-refractivity contribution >= 4 is 33.7 Å². The van der Waals surface area contributed by atoms with E-state index in [0.717, 1.165) is 27.6 Å². The van der Waals surface area contributed by atoms with Gasteiger partial charge in [0.2, 0.25) is 0 Å². The van der Waals surface area contributed by atoms with Crippen LogP contribution in [0.5, 0.6) is 0 Å².